The Kier molecular flexibility index (Phi) is 2.48. The first kappa shape index (κ1) is 9.19. The molecule has 76 valence electrons. The van der Waals surface area contributed by atoms with Crippen molar-refractivity contribution in [3.63, 3.8) is 0 Å². The van der Waals surface area contributed by atoms with Gasteiger partial charge in [0.1, 0.15) is 0 Å². The van der Waals surface area contributed by atoms with Crippen molar-refractivity contribution in [1.82, 2.24) is 0 Å². The smallest absolute Gasteiger partial charge is 0.160 e. The number of benzene rings is 1. The normalized spacial score (nSPS) is 16.1. The van der Waals surface area contributed by atoms with E-state index < -0.39 is 0 Å². The lowest BCUT2D eigenvalue weighted by atomic mass is 9.93. The average molecular weight is 193 g/mol. The van der Waals surface area contributed by atoms with Gasteiger partial charge in [0.2, 0.25) is 0 Å². The molecule has 14 heavy (non-hydrogen) atoms. The van der Waals surface area contributed by atoms with Crippen LogP contribution in [0.1, 0.15) is 19.3 Å². The summed E-state index contributed by atoms with van der Waals surface area (Å²) in [5.74, 6) is 0.709. The van der Waals surface area contributed by atoms with Crippen LogP contribution in [-0.2, 0) is 0 Å². The third kappa shape index (κ3) is 1.76. The van der Waals surface area contributed by atoms with Crippen LogP contribution in [0.5, 0.6) is 11.5 Å². The largest absolute Gasteiger partial charge is 0.504 e. The molecule has 2 N–H and O–H groups in total. The average Bonchev–Trinajstić information content (AvgIpc) is 2.12. The van der Waals surface area contributed by atoms with Gasteiger partial charge in [0.15, 0.2) is 11.5 Å². The molecular formula is C11H15NO2. The molecule has 0 aliphatic heterocycles. The third-order valence-electron chi connectivity index (χ3n) is 2.65. The molecule has 0 atom stereocenters. The van der Waals surface area contributed by atoms with E-state index in [1.165, 1.54) is 19.3 Å². The molecule has 3 nitrogen and oxygen atoms in total. The molecule has 0 unspecified atom stereocenters. The first-order valence-corrected chi connectivity index (χ1v) is 4.93. The van der Waals surface area contributed by atoms with Crippen molar-refractivity contribution >= 4 is 5.69 Å². The summed E-state index contributed by atoms with van der Waals surface area (Å²) < 4.78 is 4.97. The first-order chi connectivity index (χ1) is 6.79. The summed E-state index contributed by atoms with van der Waals surface area (Å²) in [5.41, 5.74) is 0.966. The van der Waals surface area contributed by atoms with Gasteiger partial charge in [-0.05, 0) is 31.4 Å². The number of phenols is 1. The highest BCUT2D eigenvalue weighted by molar-refractivity contribution is 5.54. The van der Waals surface area contributed by atoms with Crippen LogP contribution in [0.3, 0.4) is 0 Å². The van der Waals surface area contributed by atoms with E-state index >= 15 is 0 Å². The summed E-state index contributed by atoms with van der Waals surface area (Å²) in [6.45, 7) is 0. The van der Waals surface area contributed by atoms with E-state index in [1.54, 1.807) is 19.2 Å². The second-order valence-electron chi connectivity index (χ2n) is 3.66. The van der Waals surface area contributed by atoms with E-state index in [1.807, 2.05) is 6.07 Å². The number of methoxy groups -OCH3 is 1. The van der Waals surface area contributed by atoms with Gasteiger partial charge in [0, 0.05) is 17.8 Å². The minimum absolute atomic E-state index is 0.192. The topological polar surface area (TPSA) is 41.5 Å². The molecule has 1 fully saturated rings. The lowest BCUT2D eigenvalue weighted by Gasteiger charge is -2.27. The first-order valence-electron chi connectivity index (χ1n) is 4.93. The number of aromatic hydroxyl groups is 1. The molecule has 0 aromatic heterocycles. The van der Waals surface area contributed by atoms with Crippen molar-refractivity contribution in [2.75, 3.05) is 12.4 Å². The maximum absolute atomic E-state index is 9.53. The van der Waals surface area contributed by atoms with Crippen LogP contribution < -0.4 is 10.1 Å². The quantitative estimate of drug-likeness (QED) is 0.774. The molecule has 0 saturated heterocycles. The number of anilines is 1. The van der Waals surface area contributed by atoms with Gasteiger partial charge >= 0.3 is 0 Å². The van der Waals surface area contributed by atoms with E-state index in [9.17, 15) is 5.11 Å². The van der Waals surface area contributed by atoms with Gasteiger partial charge in [0.25, 0.3) is 0 Å². The molecule has 1 aliphatic carbocycles. The third-order valence-corrected chi connectivity index (χ3v) is 2.65. The Labute approximate surface area is 83.7 Å². The van der Waals surface area contributed by atoms with E-state index in [0.29, 0.717) is 11.8 Å². The highest BCUT2D eigenvalue weighted by Crippen LogP contribution is 2.30. The molecule has 1 aromatic carbocycles. The molecule has 0 amide bonds. The van der Waals surface area contributed by atoms with Gasteiger partial charge in [-0.1, -0.05) is 0 Å². The predicted molar refractivity (Wildman–Crippen MR) is 55.9 cm³/mol. The van der Waals surface area contributed by atoms with Crippen LogP contribution in [-0.4, -0.2) is 18.3 Å². The molecule has 2 rings (SSSR count). The standard InChI is InChI=1S/C11H15NO2/c1-14-11-6-5-9(7-10(11)13)12-8-3-2-4-8/h5-8,12-13H,2-4H2,1H3. The number of ether oxygens (including phenoxy) is 1. The highest BCUT2D eigenvalue weighted by Gasteiger charge is 2.17. The molecule has 3 heteroatoms. The Morgan fingerprint density at radius 3 is 2.71 bits per heavy atom. The van der Waals surface area contributed by atoms with Crippen LogP contribution in [0.15, 0.2) is 18.2 Å². The summed E-state index contributed by atoms with van der Waals surface area (Å²) in [7, 11) is 1.55. The second-order valence-corrected chi connectivity index (χ2v) is 3.66. The SMILES string of the molecule is COc1ccc(NC2CCC2)cc1O. The summed E-state index contributed by atoms with van der Waals surface area (Å²) in [6, 6.07) is 5.99. The highest BCUT2D eigenvalue weighted by atomic mass is 16.5. The Hall–Kier alpha value is -1.38. The zero-order chi connectivity index (χ0) is 9.97. The maximum atomic E-state index is 9.53. The van der Waals surface area contributed by atoms with E-state index in [2.05, 4.69) is 5.32 Å². The van der Waals surface area contributed by atoms with Crippen molar-refractivity contribution in [2.45, 2.75) is 25.3 Å². The summed E-state index contributed by atoms with van der Waals surface area (Å²) in [5, 5.41) is 12.9. The van der Waals surface area contributed by atoms with Crippen LogP contribution in [0, 0.1) is 0 Å². The second kappa shape index (κ2) is 3.78. The lowest BCUT2D eigenvalue weighted by molar-refractivity contribution is 0.373. The van der Waals surface area contributed by atoms with Crippen molar-refractivity contribution in [3.8, 4) is 11.5 Å². The van der Waals surface area contributed by atoms with Gasteiger partial charge < -0.3 is 15.2 Å². The molecule has 0 spiro atoms. The lowest BCUT2D eigenvalue weighted by Crippen LogP contribution is -2.26. The Bertz CT molecular complexity index is 321. The number of nitrogens with one attached hydrogen (secondary N) is 1. The van der Waals surface area contributed by atoms with Crippen molar-refractivity contribution in [1.29, 1.82) is 0 Å². The van der Waals surface area contributed by atoms with Crippen LogP contribution in [0.25, 0.3) is 0 Å². The molecule has 0 heterocycles. The zero-order valence-electron chi connectivity index (χ0n) is 8.29. The van der Waals surface area contributed by atoms with Crippen molar-refractivity contribution < 1.29 is 9.84 Å². The number of hydrogen-bond acceptors (Lipinski definition) is 3. The number of phenolic OH excluding ortho intramolecular Hbond substituents is 1. The number of hydrogen-bond donors (Lipinski definition) is 2. The minimum atomic E-state index is 0.192. The minimum Gasteiger partial charge on any atom is -0.504 e. The summed E-state index contributed by atoms with van der Waals surface area (Å²) in [6.07, 6.45) is 3.76. The van der Waals surface area contributed by atoms with Crippen molar-refractivity contribution in [2.24, 2.45) is 0 Å². The van der Waals surface area contributed by atoms with Crippen LogP contribution in [0.4, 0.5) is 5.69 Å². The zero-order valence-corrected chi connectivity index (χ0v) is 8.29. The van der Waals surface area contributed by atoms with E-state index in [4.69, 9.17) is 4.74 Å². The Balaban J connectivity index is 2.07. The van der Waals surface area contributed by atoms with Gasteiger partial charge in [-0.25, -0.2) is 0 Å². The molecule has 1 aliphatic rings. The van der Waals surface area contributed by atoms with E-state index in [-0.39, 0.29) is 5.75 Å². The van der Waals surface area contributed by atoms with Crippen LogP contribution in [0.2, 0.25) is 0 Å². The van der Waals surface area contributed by atoms with Crippen LogP contribution >= 0.6 is 0 Å². The van der Waals surface area contributed by atoms with Gasteiger partial charge in [0.05, 0.1) is 7.11 Å². The summed E-state index contributed by atoms with van der Waals surface area (Å²) in [4.78, 5) is 0. The fourth-order valence-electron chi connectivity index (χ4n) is 1.57. The number of rotatable bonds is 3. The molecule has 0 bridgehead atoms. The Morgan fingerprint density at radius 2 is 2.21 bits per heavy atom. The van der Waals surface area contributed by atoms with Gasteiger partial charge in [-0.15, -0.1) is 0 Å². The predicted octanol–water partition coefficient (Wildman–Crippen LogP) is 2.37. The molecule has 1 saturated carbocycles. The maximum Gasteiger partial charge on any atom is 0.160 e. The molecule has 0 radical (unpaired) electrons. The Morgan fingerprint density at radius 1 is 1.43 bits per heavy atom. The monoisotopic (exact) mass is 193 g/mol. The van der Waals surface area contributed by atoms with Gasteiger partial charge in [-0.3, -0.25) is 0 Å². The molecular weight excluding hydrogens is 178 g/mol. The van der Waals surface area contributed by atoms with Gasteiger partial charge in [-0.2, -0.15) is 0 Å². The molecule has 1 aromatic rings. The fraction of sp³-hybridized carbons (Fsp3) is 0.455. The fourth-order valence-corrected chi connectivity index (χ4v) is 1.57. The van der Waals surface area contributed by atoms with E-state index in [0.717, 1.165) is 5.69 Å². The van der Waals surface area contributed by atoms with Crippen molar-refractivity contribution in [3.05, 3.63) is 18.2 Å². The summed E-state index contributed by atoms with van der Waals surface area (Å²) >= 11 is 0.